The van der Waals surface area contributed by atoms with Crippen LogP contribution >= 0.6 is 11.6 Å². The van der Waals surface area contributed by atoms with E-state index in [-0.39, 0.29) is 22.5 Å². The van der Waals surface area contributed by atoms with E-state index in [0.717, 1.165) is 17.1 Å². The highest BCUT2D eigenvalue weighted by atomic mass is 35.5. The summed E-state index contributed by atoms with van der Waals surface area (Å²) in [6.45, 7) is 5.17. The van der Waals surface area contributed by atoms with Crippen molar-refractivity contribution in [3.05, 3.63) is 57.2 Å². The van der Waals surface area contributed by atoms with Gasteiger partial charge in [0.15, 0.2) is 0 Å². The molecule has 1 atom stereocenters. The van der Waals surface area contributed by atoms with Crippen molar-refractivity contribution < 1.29 is 4.74 Å². The van der Waals surface area contributed by atoms with Crippen LogP contribution < -0.4 is 10.3 Å². The second-order valence-electron chi connectivity index (χ2n) is 5.59. The molecule has 0 bridgehead atoms. The van der Waals surface area contributed by atoms with E-state index in [0.29, 0.717) is 13.2 Å². The maximum Gasteiger partial charge on any atom is 0.255 e. The van der Waals surface area contributed by atoms with E-state index in [9.17, 15) is 4.79 Å². The Kier molecular flexibility index (Phi) is 3.72. The molecule has 0 amide bonds. The summed E-state index contributed by atoms with van der Waals surface area (Å²) < 4.78 is 7.40. The second kappa shape index (κ2) is 5.53. The third-order valence-electron chi connectivity index (χ3n) is 3.72. The summed E-state index contributed by atoms with van der Waals surface area (Å²) in [5.41, 5.74) is 1.04. The predicted molar refractivity (Wildman–Crippen MR) is 82.3 cm³/mol. The van der Waals surface area contributed by atoms with Gasteiger partial charge in [0.2, 0.25) is 0 Å². The molecule has 5 heteroatoms. The van der Waals surface area contributed by atoms with Gasteiger partial charge in [-0.3, -0.25) is 9.36 Å². The van der Waals surface area contributed by atoms with Crippen LogP contribution in [-0.4, -0.2) is 16.2 Å². The lowest BCUT2D eigenvalue weighted by Crippen LogP contribution is -2.28. The van der Waals surface area contributed by atoms with Crippen molar-refractivity contribution in [2.24, 2.45) is 0 Å². The summed E-state index contributed by atoms with van der Waals surface area (Å²) >= 11 is 5.91. The van der Waals surface area contributed by atoms with Gasteiger partial charge in [-0.05, 0) is 6.07 Å². The lowest BCUT2D eigenvalue weighted by molar-refractivity contribution is 0.315. The van der Waals surface area contributed by atoms with Crippen molar-refractivity contribution >= 4 is 11.6 Å². The quantitative estimate of drug-likeness (QED) is 0.818. The summed E-state index contributed by atoms with van der Waals surface area (Å²) in [5.74, 6) is 1.92. The van der Waals surface area contributed by atoms with Crippen molar-refractivity contribution in [1.29, 1.82) is 0 Å². The number of fused-ring (bicyclic) bond motifs is 1. The Morgan fingerprint density at radius 1 is 1.43 bits per heavy atom. The summed E-state index contributed by atoms with van der Waals surface area (Å²) in [4.78, 5) is 16.6. The van der Waals surface area contributed by atoms with Gasteiger partial charge in [0.05, 0.1) is 6.61 Å². The van der Waals surface area contributed by atoms with Gasteiger partial charge in [-0.1, -0.05) is 43.6 Å². The van der Waals surface area contributed by atoms with Gasteiger partial charge in [-0.15, -0.1) is 0 Å². The average molecular weight is 305 g/mol. The number of para-hydroxylation sites is 1. The molecule has 0 saturated heterocycles. The number of ether oxygens (including phenoxy) is 1. The molecule has 2 aromatic rings. The molecule has 1 aromatic carbocycles. The first-order valence-corrected chi connectivity index (χ1v) is 7.43. The molecule has 110 valence electrons. The third kappa shape index (κ3) is 2.68. The highest BCUT2D eigenvalue weighted by Gasteiger charge is 2.25. The molecule has 3 rings (SSSR count). The zero-order valence-corrected chi connectivity index (χ0v) is 12.8. The lowest BCUT2D eigenvalue weighted by Gasteiger charge is -2.17. The molecule has 1 unspecified atom stereocenters. The minimum atomic E-state index is -0.108. The molecule has 1 aromatic heterocycles. The van der Waals surface area contributed by atoms with Gasteiger partial charge in [0, 0.05) is 30.0 Å². The molecule has 2 heterocycles. The molecule has 1 aliphatic heterocycles. The number of benzene rings is 1. The minimum Gasteiger partial charge on any atom is -0.493 e. The van der Waals surface area contributed by atoms with Gasteiger partial charge in [-0.25, -0.2) is 4.98 Å². The summed E-state index contributed by atoms with van der Waals surface area (Å²) in [5, 5.41) is 0.253. The minimum absolute atomic E-state index is 0.108. The van der Waals surface area contributed by atoms with E-state index >= 15 is 0 Å². The van der Waals surface area contributed by atoms with Gasteiger partial charge < -0.3 is 4.74 Å². The van der Waals surface area contributed by atoms with Crippen LogP contribution in [0.2, 0.25) is 5.15 Å². The molecule has 21 heavy (non-hydrogen) atoms. The Labute approximate surface area is 128 Å². The molecule has 0 fully saturated rings. The first-order valence-electron chi connectivity index (χ1n) is 7.05. The van der Waals surface area contributed by atoms with Gasteiger partial charge >= 0.3 is 0 Å². The van der Waals surface area contributed by atoms with Crippen molar-refractivity contribution in [3.8, 4) is 5.75 Å². The number of hydrogen-bond acceptors (Lipinski definition) is 3. The van der Waals surface area contributed by atoms with Crippen LogP contribution in [-0.2, 0) is 6.54 Å². The van der Waals surface area contributed by atoms with E-state index in [2.05, 4.69) is 11.1 Å². The molecular formula is C16H17ClN2O2. The SMILES string of the molecule is CC(C)c1nc(Cl)cc(=O)n1CC1COc2ccccc21. The molecule has 0 N–H and O–H groups in total. The number of halogens is 1. The van der Waals surface area contributed by atoms with E-state index in [4.69, 9.17) is 16.3 Å². The van der Waals surface area contributed by atoms with Crippen LogP contribution in [0.1, 0.15) is 37.1 Å². The first-order chi connectivity index (χ1) is 10.1. The standard InChI is InChI=1S/C16H17ClN2O2/c1-10(2)16-18-14(17)7-15(20)19(16)8-11-9-21-13-6-4-3-5-12(11)13/h3-7,10-11H,8-9H2,1-2H3. The topological polar surface area (TPSA) is 44.1 Å². The van der Waals surface area contributed by atoms with E-state index in [1.807, 2.05) is 32.0 Å². The molecule has 0 saturated carbocycles. The van der Waals surface area contributed by atoms with Crippen LogP contribution in [0, 0.1) is 0 Å². The smallest absolute Gasteiger partial charge is 0.255 e. The lowest BCUT2D eigenvalue weighted by atomic mass is 10.0. The zero-order valence-electron chi connectivity index (χ0n) is 12.0. The van der Waals surface area contributed by atoms with E-state index in [1.54, 1.807) is 4.57 Å². The Bertz CT molecular complexity index is 724. The Hall–Kier alpha value is -1.81. The third-order valence-corrected chi connectivity index (χ3v) is 3.92. The number of hydrogen-bond donors (Lipinski definition) is 0. The van der Waals surface area contributed by atoms with Crippen molar-refractivity contribution in [1.82, 2.24) is 9.55 Å². The van der Waals surface area contributed by atoms with Gasteiger partial charge in [0.1, 0.15) is 16.7 Å². The zero-order chi connectivity index (χ0) is 15.0. The highest BCUT2D eigenvalue weighted by Crippen LogP contribution is 2.34. The molecule has 0 spiro atoms. The number of aromatic nitrogens is 2. The predicted octanol–water partition coefficient (Wildman–Crippen LogP) is 3.20. The Morgan fingerprint density at radius 2 is 2.19 bits per heavy atom. The second-order valence-corrected chi connectivity index (χ2v) is 5.97. The molecule has 1 aliphatic rings. The van der Waals surface area contributed by atoms with Gasteiger partial charge in [-0.2, -0.15) is 0 Å². The van der Waals surface area contributed by atoms with Gasteiger partial charge in [0.25, 0.3) is 5.56 Å². The van der Waals surface area contributed by atoms with Crippen LogP contribution in [0.3, 0.4) is 0 Å². The average Bonchev–Trinajstić information content (AvgIpc) is 2.84. The van der Waals surface area contributed by atoms with Crippen LogP contribution in [0.15, 0.2) is 35.1 Å². The highest BCUT2D eigenvalue weighted by molar-refractivity contribution is 6.29. The monoisotopic (exact) mass is 304 g/mol. The van der Waals surface area contributed by atoms with Crippen LogP contribution in [0.5, 0.6) is 5.75 Å². The number of nitrogens with zero attached hydrogens (tertiary/aromatic N) is 2. The molecule has 4 nitrogen and oxygen atoms in total. The summed E-state index contributed by atoms with van der Waals surface area (Å²) in [6, 6.07) is 9.33. The maximum atomic E-state index is 12.3. The van der Waals surface area contributed by atoms with E-state index < -0.39 is 0 Å². The number of rotatable bonds is 3. The summed E-state index contributed by atoms with van der Waals surface area (Å²) in [6.07, 6.45) is 0. The first kappa shape index (κ1) is 14.1. The molecular weight excluding hydrogens is 288 g/mol. The summed E-state index contributed by atoms with van der Waals surface area (Å²) in [7, 11) is 0. The fourth-order valence-corrected chi connectivity index (χ4v) is 2.90. The largest absolute Gasteiger partial charge is 0.493 e. The molecule has 0 aliphatic carbocycles. The van der Waals surface area contributed by atoms with Crippen molar-refractivity contribution in [3.63, 3.8) is 0 Å². The van der Waals surface area contributed by atoms with Crippen LogP contribution in [0.25, 0.3) is 0 Å². The molecule has 0 radical (unpaired) electrons. The van der Waals surface area contributed by atoms with Crippen LogP contribution in [0.4, 0.5) is 0 Å². The Morgan fingerprint density at radius 3 is 2.95 bits per heavy atom. The van der Waals surface area contributed by atoms with Crippen molar-refractivity contribution in [2.45, 2.75) is 32.2 Å². The fraction of sp³-hybridized carbons (Fsp3) is 0.375. The Balaban J connectivity index is 1.98. The fourth-order valence-electron chi connectivity index (χ4n) is 2.72. The van der Waals surface area contributed by atoms with Crippen molar-refractivity contribution in [2.75, 3.05) is 6.61 Å². The van der Waals surface area contributed by atoms with E-state index in [1.165, 1.54) is 6.07 Å². The normalized spacial score (nSPS) is 16.9. The maximum absolute atomic E-state index is 12.3.